The zero-order valence-corrected chi connectivity index (χ0v) is 16.0. The lowest BCUT2D eigenvalue weighted by molar-refractivity contribution is -0.141. The number of anilines is 1. The van der Waals surface area contributed by atoms with Crippen LogP contribution in [0, 0.1) is 11.3 Å². The lowest BCUT2D eigenvalue weighted by Gasteiger charge is -2.18. The molecular weight excluding hydrogens is 356 g/mol. The summed E-state index contributed by atoms with van der Waals surface area (Å²) in [5.41, 5.74) is 0.627. The second-order valence-corrected chi connectivity index (χ2v) is 8.41. The highest BCUT2D eigenvalue weighted by Gasteiger charge is 2.31. The number of carbonyl (C=O) groups is 3. The van der Waals surface area contributed by atoms with Crippen molar-refractivity contribution < 1.29 is 19.5 Å². The molecule has 2 rings (SSSR count). The van der Waals surface area contributed by atoms with Gasteiger partial charge in [0, 0.05) is 18.2 Å². The summed E-state index contributed by atoms with van der Waals surface area (Å²) in [6.07, 6.45) is 1.95. The van der Waals surface area contributed by atoms with Crippen molar-refractivity contribution in [3.63, 3.8) is 0 Å². The molecule has 0 radical (unpaired) electrons. The molecule has 1 saturated carbocycles. The zero-order valence-electron chi connectivity index (χ0n) is 15.3. The van der Waals surface area contributed by atoms with Gasteiger partial charge >= 0.3 is 5.97 Å². The fourth-order valence-electron chi connectivity index (χ4n) is 3.06. The maximum atomic E-state index is 12.5. The number of carbonyl (C=O) groups excluding carboxylic acids is 2. The van der Waals surface area contributed by atoms with Gasteiger partial charge in [0.1, 0.15) is 0 Å². The number of benzene rings is 1. The first-order chi connectivity index (χ1) is 12.0. The summed E-state index contributed by atoms with van der Waals surface area (Å²) in [6.45, 7) is 5.91. The number of aliphatic carboxylic acids is 1. The maximum Gasteiger partial charge on any atom is 0.306 e. The predicted molar refractivity (Wildman–Crippen MR) is 100 cm³/mol. The van der Waals surface area contributed by atoms with Crippen molar-refractivity contribution in [1.29, 1.82) is 0 Å². The van der Waals surface area contributed by atoms with Gasteiger partial charge in [-0.05, 0) is 42.9 Å². The molecule has 2 atom stereocenters. The molecule has 1 aromatic rings. The number of hydrogen-bond donors (Lipinski definition) is 3. The van der Waals surface area contributed by atoms with Crippen LogP contribution in [0.25, 0.3) is 0 Å². The Labute approximate surface area is 158 Å². The van der Waals surface area contributed by atoms with E-state index >= 15 is 0 Å². The van der Waals surface area contributed by atoms with Gasteiger partial charge in [0.05, 0.1) is 16.5 Å². The molecule has 0 saturated heterocycles. The average Bonchev–Trinajstić information content (AvgIpc) is 2.96. The average molecular weight is 381 g/mol. The summed E-state index contributed by atoms with van der Waals surface area (Å²) in [4.78, 5) is 35.6. The molecule has 7 heteroatoms. The SMILES string of the molecule is CC(C)(C)CC(=O)Nc1ccc(Cl)c(C(=O)N[C@H]2CC[C@@H](C(=O)O)C2)c1. The minimum atomic E-state index is -0.830. The van der Waals surface area contributed by atoms with Crippen molar-refractivity contribution in [2.45, 2.75) is 52.5 Å². The van der Waals surface area contributed by atoms with Crippen molar-refractivity contribution >= 4 is 35.1 Å². The minimum Gasteiger partial charge on any atom is -0.481 e. The van der Waals surface area contributed by atoms with Crippen molar-refractivity contribution in [3.05, 3.63) is 28.8 Å². The lowest BCUT2D eigenvalue weighted by Crippen LogP contribution is -2.33. The molecule has 2 amide bonds. The van der Waals surface area contributed by atoms with Crippen LogP contribution < -0.4 is 10.6 Å². The Balaban J connectivity index is 2.03. The summed E-state index contributed by atoms with van der Waals surface area (Å²) in [7, 11) is 0. The largest absolute Gasteiger partial charge is 0.481 e. The van der Waals surface area contributed by atoms with E-state index in [1.165, 1.54) is 0 Å². The molecule has 1 aliphatic carbocycles. The Bertz CT molecular complexity index is 712. The third-order valence-corrected chi connectivity index (χ3v) is 4.63. The molecular formula is C19H25ClN2O4. The summed E-state index contributed by atoms with van der Waals surface area (Å²) in [5.74, 6) is -1.74. The first-order valence-electron chi connectivity index (χ1n) is 8.68. The minimum absolute atomic E-state index is 0.133. The van der Waals surface area contributed by atoms with Gasteiger partial charge in [-0.15, -0.1) is 0 Å². The van der Waals surface area contributed by atoms with Gasteiger partial charge in [0.15, 0.2) is 0 Å². The lowest BCUT2D eigenvalue weighted by atomic mass is 9.92. The fraction of sp³-hybridized carbons (Fsp3) is 0.526. The van der Waals surface area contributed by atoms with E-state index in [1.54, 1.807) is 18.2 Å². The monoisotopic (exact) mass is 380 g/mol. The number of rotatable bonds is 5. The Kier molecular flexibility index (Phi) is 6.29. The highest BCUT2D eigenvalue weighted by Crippen LogP contribution is 2.27. The molecule has 0 spiro atoms. The molecule has 0 unspecified atom stereocenters. The van der Waals surface area contributed by atoms with Crippen LogP contribution in [0.1, 0.15) is 56.8 Å². The molecule has 0 aromatic heterocycles. The van der Waals surface area contributed by atoms with E-state index < -0.39 is 11.9 Å². The van der Waals surface area contributed by atoms with Crippen LogP contribution >= 0.6 is 11.6 Å². The highest BCUT2D eigenvalue weighted by atomic mass is 35.5. The van der Waals surface area contributed by atoms with Gasteiger partial charge < -0.3 is 15.7 Å². The van der Waals surface area contributed by atoms with Crippen LogP contribution in [-0.4, -0.2) is 28.9 Å². The first-order valence-corrected chi connectivity index (χ1v) is 9.06. The summed E-state index contributed by atoms with van der Waals surface area (Å²) in [6, 6.07) is 4.58. The quantitative estimate of drug-likeness (QED) is 0.725. The third-order valence-electron chi connectivity index (χ3n) is 4.30. The van der Waals surface area contributed by atoms with Crippen molar-refractivity contribution in [3.8, 4) is 0 Å². The Morgan fingerprint density at radius 2 is 1.92 bits per heavy atom. The molecule has 1 aliphatic rings. The summed E-state index contributed by atoms with van der Waals surface area (Å²) in [5, 5.41) is 15.0. The van der Waals surface area contributed by atoms with Crippen LogP contribution in [-0.2, 0) is 9.59 Å². The fourth-order valence-corrected chi connectivity index (χ4v) is 3.27. The van der Waals surface area contributed by atoms with E-state index in [2.05, 4.69) is 10.6 Å². The Hall–Kier alpha value is -2.08. The Morgan fingerprint density at radius 3 is 2.50 bits per heavy atom. The van der Waals surface area contributed by atoms with Gasteiger partial charge in [-0.25, -0.2) is 0 Å². The van der Waals surface area contributed by atoms with Crippen LogP contribution in [0.4, 0.5) is 5.69 Å². The second-order valence-electron chi connectivity index (χ2n) is 8.00. The molecule has 6 nitrogen and oxygen atoms in total. The topological polar surface area (TPSA) is 95.5 Å². The van der Waals surface area contributed by atoms with E-state index in [9.17, 15) is 14.4 Å². The zero-order chi connectivity index (χ0) is 19.5. The predicted octanol–water partition coefficient (Wildman–Crippen LogP) is 3.70. The van der Waals surface area contributed by atoms with Crippen LogP contribution in [0.2, 0.25) is 5.02 Å². The second kappa shape index (κ2) is 8.08. The van der Waals surface area contributed by atoms with E-state index in [-0.39, 0.29) is 33.9 Å². The standard InChI is InChI=1S/C19H25ClN2O4/c1-19(2,3)10-16(23)21-13-6-7-15(20)14(9-13)17(24)22-12-5-4-11(8-12)18(25)26/h6-7,9,11-12H,4-5,8,10H2,1-3H3,(H,21,23)(H,22,24)(H,25,26)/t11-,12+/m1/s1. The van der Waals surface area contributed by atoms with Crippen LogP contribution in [0.3, 0.4) is 0 Å². The molecule has 3 N–H and O–H groups in total. The number of carboxylic acids is 1. The first kappa shape index (κ1) is 20.2. The van der Waals surface area contributed by atoms with Gasteiger partial charge in [-0.3, -0.25) is 14.4 Å². The van der Waals surface area contributed by atoms with Crippen molar-refractivity contribution in [2.75, 3.05) is 5.32 Å². The summed E-state index contributed by atoms with van der Waals surface area (Å²) >= 11 is 6.13. The molecule has 142 valence electrons. The van der Waals surface area contributed by atoms with Crippen LogP contribution in [0.5, 0.6) is 0 Å². The molecule has 0 aliphatic heterocycles. The van der Waals surface area contributed by atoms with Crippen molar-refractivity contribution in [1.82, 2.24) is 5.32 Å². The molecule has 1 aromatic carbocycles. The van der Waals surface area contributed by atoms with Gasteiger partial charge in [-0.2, -0.15) is 0 Å². The van der Waals surface area contributed by atoms with Gasteiger partial charge in [-0.1, -0.05) is 32.4 Å². The van der Waals surface area contributed by atoms with Gasteiger partial charge in [0.25, 0.3) is 5.91 Å². The number of amides is 2. The summed E-state index contributed by atoms with van der Waals surface area (Å²) < 4.78 is 0. The van der Waals surface area contributed by atoms with E-state index in [0.29, 0.717) is 31.4 Å². The molecule has 1 fully saturated rings. The number of nitrogens with one attached hydrogen (secondary N) is 2. The third kappa shape index (κ3) is 5.73. The van der Waals surface area contributed by atoms with E-state index in [1.807, 2.05) is 20.8 Å². The van der Waals surface area contributed by atoms with Crippen molar-refractivity contribution in [2.24, 2.45) is 11.3 Å². The molecule has 0 heterocycles. The van der Waals surface area contributed by atoms with Gasteiger partial charge in [0.2, 0.25) is 5.91 Å². The smallest absolute Gasteiger partial charge is 0.306 e. The molecule has 0 bridgehead atoms. The normalized spacial score (nSPS) is 19.8. The number of hydrogen-bond acceptors (Lipinski definition) is 3. The number of halogens is 1. The highest BCUT2D eigenvalue weighted by molar-refractivity contribution is 6.34. The van der Waals surface area contributed by atoms with E-state index in [0.717, 1.165) is 0 Å². The van der Waals surface area contributed by atoms with E-state index in [4.69, 9.17) is 16.7 Å². The Morgan fingerprint density at radius 1 is 1.23 bits per heavy atom. The van der Waals surface area contributed by atoms with Crippen LogP contribution in [0.15, 0.2) is 18.2 Å². The molecule has 26 heavy (non-hydrogen) atoms. The maximum absolute atomic E-state index is 12.5. The number of carboxylic acid groups (broad SMARTS) is 1.